The van der Waals surface area contributed by atoms with Crippen LogP contribution < -0.4 is 10.6 Å². The SMILES string of the molecule is CCNC(=NCC1(c2cccc(C(F)(F)F)c2)CC1)NC(C)COC.I. The molecule has 0 amide bonds. The van der Waals surface area contributed by atoms with Crippen molar-refractivity contribution in [1.82, 2.24) is 10.6 Å². The fourth-order valence-corrected chi connectivity index (χ4v) is 2.79. The number of nitrogens with one attached hydrogen (secondary N) is 2. The van der Waals surface area contributed by atoms with Gasteiger partial charge in [0, 0.05) is 25.1 Å². The maximum Gasteiger partial charge on any atom is 0.416 e. The average Bonchev–Trinajstić information content (AvgIpc) is 3.34. The molecule has 8 heteroatoms. The average molecular weight is 485 g/mol. The van der Waals surface area contributed by atoms with E-state index in [4.69, 9.17) is 4.74 Å². The Bertz CT molecular complexity index is 604. The second-order valence-electron chi connectivity index (χ2n) is 6.55. The molecule has 0 bridgehead atoms. The van der Waals surface area contributed by atoms with E-state index in [1.165, 1.54) is 12.1 Å². The van der Waals surface area contributed by atoms with Crippen LogP contribution in [-0.2, 0) is 16.3 Å². The zero-order valence-electron chi connectivity index (χ0n) is 15.3. The molecule has 0 spiro atoms. The molecule has 0 heterocycles. The van der Waals surface area contributed by atoms with Crippen LogP contribution in [0.4, 0.5) is 13.2 Å². The van der Waals surface area contributed by atoms with Gasteiger partial charge in [-0.05, 0) is 38.3 Å². The summed E-state index contributed by atoms with van der Waals surface area (Å²) in [5.74, 6) is 0.658. The van der Waals surface area contributed by atoms with Crippen molar-refractivity contribution in [2.24, 2.45) is 4.99 Å². The van der Waals surface area contributed by atoms with Gasteiger partial charge in [-0.15, -0.1) is 24.0 Å². The molecule has 1 atom stereocenters. The van der Waals surface area contributed by atoms with Crippen molar-refractivity contribution in [2.75, 3.05) is 26.8 Å². The summed E-state index contributed by atoms with van der Waals surface area (Å²) in [7, 11) is 1.63. The van der Waals surface area contributed by atoms with Crippen LogP contribution >= 0.6 is 24.0 Å². The molecule has 0 aromatic heterocycles. The second-order valence-corrected chi connectivity index (χ2v) is 6.55. The van der Waals surface area contributed by atoms with Gasteiger partial charge in [0.05, 0.1) is 18.7 Å². The van der Waals surface area contributed by atoms with E-state index in [0.717, 1.165) is 18.9 Å². The Morgan fingerprint density at radius 1 is 1.35 bits per heavy atom. The molecule has 1 aliphatic carbocycles. The quantitative estimate of drug-likeness (QED) is 0.350. The van der Waals surface area contributed by atoms with Gasteiger partial charge in [-0.25, -0.2) is 0 Å². The van der Waals surface area contributed by atoms with Crippen molar-refractivity contribution >= 4 is 29.9 Å². The summed E-state index contributed by atoms with van der Waals surface area (Å²) in [6.07, 6.45) is -2.61. The highest BCUT2D eigenvalue weighted by Gasteiger charge is 2.45. The lowest BCUT2D eigenvalue weighted by Crippen LogP contribution is -2.44. The number of aliphatic imine (C=N–C) groups is 1. The van der Waals surface area contributed by atoms with Crippen molar-refractivity contribution in [1.29, 1.82) is 0 Å². The van der Waals surface area contributed by atoms with Crippen molar-refractivity contribution in [3.05, 3.63) is 35.4 Å². The third-order valence-corrected chi connectivity index (χ3v) is 4.34. The Labute approximate surface area is 170 Å². The molecular formula is C18H27F3IN3O. The van der Waals surface area contributed by atoms with Crippen LogP contribution in [0.15, 0.2) is 29.3 Å². The third-order valence-electron chi connectivity index (χ3n) is 4.34. The van der Waals surface area contributed by atoms with E-state index in [-0.39, 0.29) is 35.4 Å². The van der Waals surface area contributed by atoms with E-state index in [2.05, 4.69) is 15.6 Å². The van der Waals surface area contributed by atoms with Gasteiger partial charge in [-0.2, -0.15) is 13.2 Å². The number of rotatable bonds is 7. The van der Waals surface area contributed by atoms with Crippen molar-refractivity contribution < 1.29 is 17.9 Å². The second kappa shape index (κ2) is 9.77. The van der Waals surface area contributed by atoms with E-state index < -0.39 is 11.7 Å². The molecule has 1 saturated carbocycles. The van der Waals surface area contributed by atoms with Gasteiger partial charge in [0.25, 0.3) is 0 Å². The van der Waals surface area contributed by atoms with E-state index in [0.29, 0.717) is 31.2 Å². The Balaban J connectivity index is 0.00000338. The highest BCUT2D eigenvalue weighted by molar-refractivity contribution is 14.0. The number of halogens is 4. The maximum absolute atomic E-state index is 12.9. The number of benzene rings is 1. The Morgan fingerprint density at radius 3 is 2.58 bits per heavy atom. The Kier molecular flexibility index (Phi) is 8.65. The minimum absolute atomic E-state index is 0. The molecule has 1 aromatic carbocycles. The summed E-state index contributed by atoms with van der Waals surface area (Å²) in [6.45, 7) is 5.67. The number of methoxy groups -OCH3 is 1. The van der Waals surface area contributed by atoms with Crippen LogP contribution in [0.2, 0.25) is 0 Å². The minimum Gasteiger partial charge on any atom is -0.383 e. The first kappa shape index (κ1) is 23.0. The van der Waals surface area contributed by atoms with Gasteiger partial charge in [0.2, 0.25) is 0 Å². The van der Waals surface area contributed by atoms with Crippen LogP contribution in [-0.4, -0.2) is 38.8 Å². The van der Waals surface area contributed by atoms with Gasteiger partial charge in [-0.1, -0.05) is 18.2 Å². The van der Waals surface area contributed by atoms with E-state index in [1.54, 1.807) is 13.2 Å². The Hall–Kier alpha value is -1.03. The minimum atomic E-state index is -4.32. The number of hydrogen-bond donors (Lipinski definition) is 2. The smallest absolute Gasteiger partial charge is 0.383 e. The molecule has 148 valence electrons. The molecule has 4 nitrogen and oxygen atoms in total. The van der Waals surface area contributed by atoms with Crippen molar-refractivity contribution in [3.8, 4) is 0 Å². The summed E-state index contributed by atoms with van der Waals surface area (Å²) in [4.78, 5) is 4.60. The zero-order valence-corrected chi connectivity index (χ0v) is 17.7. The predicted octanol–water partition coefficient (Wildman–Crippen LogP) is 3.95. The Morgan fingerprint density at radius 2 is 2.04 bits per heavy atom. The maximum atomic E-state index is 12.9. The molecule has 1 fully saturated rings. The summed E-state index contributed by atoms with van der Waals surface area (Å²) in [5.41, 5.74) is -0.167. The molecule has 0 saturated heterocycles. The third kappa shape index (κ3) is 6.29. The van der Waals surface area contributed by atoms with Crippen molar-refractivity contribution in [2.45, 2.75) is 44.3 Å². The normalized spacial score (nSPS) is 17.2. The molecule has 2 rings (SSSR count). The standard InChI is InChI=1S/C18H26F3N3O.HI/c1-4-22-16(24-13(2)11-25-3)23-12-17(8-9-17)14-6-5-7-15(10-14)18(19,20)21;/h5-7,10,13H,4,8-9,11-12H2,1-3H3,(H2,22,23,24);1H. The zero-order chi connectivity index (χ0) is 18.5. The largest absolute Gasteiger partial charge is 0.416 e. The highest BCUT2D eigenvalue weighted by Crippen LogP contribution is 2.49. The lowest BCUT2D eigenvalue weighted by molar-refractivity contribution is -0.137. The van der Waals surface area contributed by atoms with Gasteiger partial charge in [0.15, 0.2) is 5.96 Å². The number of guanidine groups is 1. The van der Waals surface area contributed by atoms with E-state index in [9.17, 15) is 13.2 Å². The summed E-state index contributed by atoms with van der Waals surface area (Å²) in [6, 6.07) is 5.71. The number of alkyl halides is 3. The number of nitrogens with zero attached hydrogens (tertiary/aromatic N) is 1. The first-order valence-corrected chi connectivity index (χ1v) is 8.52. The lowest BCUT2D eigenvalue weighted by Gasteiger charge is -2.19. The fourth-order valence-electron chi connectivity index (χ4n) is 2.79. The molecule has 1 aliphatic rings. The molecule has 2 N–H and O–H groups in total. The molecule has 1 unspecified atom stereocenters. The fraction of sp³-hybridized carbons (Fsp3) is 0.611. The molecule has 26 heavy (non-hydrogen) atoms. The van der Waals surface area contributed by atoms with Gasteiger partial charge >= 0.3 is 6.18 Å². The molecule has 1 aromatic rings. The molecule has 0 aliphatic heterocycles. The highest BCUT2D eigenvalue weighted by atomic mass is 127. The van der Waals surface area contributed by atoms with Gasteiger partial charge in [0.1, 0.15) is 0 Å². The number of hydrogen-bond acceptors (Lipinski definition) is 2. The first-order valence-electron chi connectivity index (χ1n) is 8.52. The molecule has 0 radical (unpaired) electrons. The van der Waals surface area contributed by atoms with E-state index >= 15 is 0 Å². The van der Waals surface area contributed by atoms with Crippen LogP contribution in [0.5, 0.6) is 0 Å². The topological polar surface area (TPSA) is 45.7 Å². The van der Waals surface area contributed by atoms with Crippen LogP contribution in [0, 0.1) is 0 Å². The summed E-state index contributed by atoms with van der Waals surface area (Å²) < 4.78 is 43.9. The first-order chi connectivity index (χ1) is 11.8. The lowest BCUT2D eigenvalue weighted by atomic mass is 9.94. The van der Waals surface area contributed by atoms with Crippen molar-refractivity contribution in [3.63, 3.8) is 0 Å². The number of ether oxygens (including phenoxy) is 1. The van der Waals surface area contributed by atoms with Crippen LogP contribution in [0.3, 0.4) is 0 Å². The predicted molar refractivity (Wildman–Crippen MR) is 108 cm³/mol. The van der Waals surface area contributed by atoms with Crippen LogP contribution in [0.25, 0.3) is 0 Å². The summed E-state index contributed by atoms with van der Waals surface area (Å²) in [5, 5.41) is 6.40. The monoisotopic (exact) mass is 485 g/mol. The van der Waals surface area contributed by atoms with E-state index in [1.807, 2.05) is 13.8 Å². The van der Waals surface area contributed by atoms with Gasteiger partial charge < -0.3 is 15.4 Å². The molecular weight excluding hydrogens is 458 g/mol. The summed E-state index contributed by atoms with van der Waals surface area (Å²) >= 11 is 0. The van der Waals surface area contributed by atoms with Gasteiger partial charge in [-0.3, -0.25) is 4.99 Å². The van der Waals surface area contributed by atoms with Crippen LogP contribution in [0.1, 0.15) is 37.8 Å².